The number of para-hydroxylation sites is 1. The molecule has 3 nitrogen and oxygen atoms in total. The van der Waals surface area contributed by atoms with Gasteiger partial charge in [-0.3, -0.25) is 0 Å². The highest BCUT2D eigenvalue weighted by Crippen LogP contribution is 2.16. The van der Waals surface area contributed by atoms with E-state index in [9.17, 15) is 0 Å². The van der Waals surface area contributed by atoms with Crippen molar-refractivity contribution >= 4 is 22.6 Å². The predicted molar refractivity (Wildman–Crippen MR) is 87.1 cm³/mol. The van der Waals surface area contributed by atoms with Crippen LogP contribution in [0, 0.1) is 3.57 Å². The summed E-state index contributed by atoms with van der Waals surface area (Å²) in [6.07, 6.45) is 1.95. The minimum atomic E-state index is 0.472. The zero-order chi connectivity index (χ0) is 13.8. The lowest BCUT2D eigenvalue weighted by Crippen LogP contribution is -1.99. The molecule has 0 amide bonds. The van der Waals surface area contributed by atoms with E-state index in [-0.39, 0.29) is 0 Å². The van der Waals surface area contributed by atoms with E-state index in [1.807, 2.05) is 71.5 Å². The monoisotopic (exact) mass is 376 g/mol. The number of halogens is 1. The molecule has 100 valence electrons. The Morgan fingerprint density at radius 3 is 2.65 bits per heavy atom. The highest BCUT2D eigenvalue weighted by molar-refractivity contribution is 14.1. The fourth-order valence-electron chi connectivity index (χ4n) is 1.88. The van der Waals surface area contributed by atoms with Gasteiger partial charge in [0, 0.05) is 9.77 Å². The van der Waals surface area contributed by atoms with Gasteiger partial charge in [-0.15, -0.1) is 0 Å². The van der Waals surface area contributed by atoms with Gasteiger partial charge in [-0.1, -0.05) is 24.3 Å². The van der Waals surface area contributed by atoms with E-state index in [1.54, 1.807) is 0 Å². The summed E-state index contributed by atoms with van der Waals surface area (Å²) in [6.45, 7) is 0.472. The molecule has 3 aromatic rings. The largest absolute Gasteiger partial charge is 0.487 e. The molecule has 3 rings (SSSR count). The van der Waals surface area contributed by atoms with E-state index in [0.717, 1.165) is 20.7 Å². The van der Waals surface area contributed by atoms with Gasteiger partial charge in [0.1, 0.15) is 18.1 Å². The summed E-state index contributed by atoms with van der Waals surface area (Å²) in [7, 11) is 0. The second-order valence-corrected chi connectivity index (χ2v) is 5.58. The maximum absolute atomic E-state index is 5.74. The molecular weight excluding hydrogens is 363 g/mol. The van der Waals surface area contributed by atoms with Crippen LogP contribution in [-0.2, 0) is 6.61 Å². The molecule has 0 aliphatic carbocycles. The first kappa shape index (κ1) is 13.2. The van der Waals surface area contributed by atoms with Crippen molar-refractivity contribution in [1.29, 1.82) is 0 Å². The molecule has 0 spiro atoms. The highest BCUT2D eigenvalue weighted by Gasteiger charge is 2.02. The van der Waals surface area contributed by atoms with Crippen LogP contribution in [0.4, 0.5) is 0 Å². The molecule has 0 atom stereocenters. The van der Waals surface area contributed by atoms with Gasteiger partial charge in [-0.25, -0.2) is 4.68 Å². The fraction of sp³-hybridized carbons (Fsp3) is 0.0625. The van der Waals surface area contributed by atoms with Crippen LogP contribution in [-0.4, -0.2) is 9.78 Å². The van der Waals surface area contributed by atoms with Gasteiger partial charge in [0.15, 0.2) is 0 Å². The van der Waals surface area contributed by atoms with Crippen LogP contribution in [0.25, 0.3) is 5.69 Å². The molecule has 0 N–H and O–H groups in total. The number of nitrogens with zero attached hydrogens (tertiary/aromatic N) is 2. The van der Waals surface area contributed by atoms with E-state index in [4.69, 9.17) is 4.74 Å². The van der Waals surface area contributed by atoms with Crippen molar-refractivity contribution in [2.45, 2.75) is 6.61 Å². The van der Waals surface area contributed by atoms with E-state index in [1.165, 1.54) is 0 Å². The zero-order valence-corrected chi connectivity index (χ0v) is 12.9. The molecular formula is C16H13IN2O. The van der Waals surface area contributed by atoms with Gasteiger partial charge >= 0.3 is 0 Å². The van der Waals surface area contributed by atoms with Crippen molar-refractivity contribution < 1.29 is 4.74 Å². The standard InChI is InChI=1S/C16H13IN2O/c17-13-5-4-8-16(11-13)20-12-14-9-10-19(18-14)15-6-2-1-3-7-15/h1-11H,12H2. The molecule has 0 fully saturated rings. The Balaban J connectivity index is 1.69. The number of hydrogen-bond acceptors (Lipinski definition) is 2. The Morgan fingerprint density at radius 2 is 1.85 bits per heavy atom. The first-order chi connectivity index (χ1) is 9.81. The van der Waals surface area contributed by atoms with E-state index >= 15 is 0 Å². The molecule has 4 heteroatoms. The normalized spacial score (nSPS) is 10.4. The van der Waals surface area contributed by atoms with Crippen molar-refractivity contribution in [3.63, 3.8) is 0 Å². The SMILES string of the molecule is Ic1cccc(OCc2ccn(-c3ccccc3)n2)c1. The zero-order valence-electron chi connectivity index (χ0n) is 10.7. The lowest BCUT2D eigenvalue weighted by Gasteiger charge is -2.04. The summed E-state index contributed by atoms with van der Waals surface area (Å²) in [5, 5.41) is 4.51. The van der Waals surface area contributed by atoms with Crippen LogP contribution in [0.2, 0.25) is 0 Å². The number of aromatic nitrogens is 2. The molecule has 20 heavy (non-hydrogen) atoms. The maximum Gasteiger partial charge on any atom is 0.132 e. The molecule has 0 bridgehead atoms. The Labute approximate surface area is 131 Å². The summed E-state index contributed by atoms with van der Waals surface area (Å²) in [6, 6.07) is 20.0. The number of hydrogen-bond donors (Lipinski definition) is 0. The van der Waals surface area contributed by atoms with Crippen LogP contribution in [0.15, 0.2) is 66.9 Å². The van der Waals surface area contributed by atoms with Crippen LogP contribution in [0.5, 0.6) is 5.75 Å². The third kappa shape index (κ3) is 3.19. The predicted octanol–water partition coefficient (Wildman–Crippen LogP) is 4.06. The average Bonchev–Trinajstić information content (AvgIpc) is 2.95. The summed E-state index contributed by atoms with van der Waals surface area (Å²) in [5.41, 5.74) is 1.96. The van der Waals surface area contributed by atoms with Crippen LogP contribution in [0.1, 0.15) is 5.69 Å². The van der Waals surface area contributed by atoms with Gasteiger partial charge in [0.25, 0.3) is 0 Å². The molecule has 2 aromatic carbocycles. The topological polar surface area (TPSA) is 27.1 Å². The van der Waals surface area contributed by atoms with Crippen LogP contribution in [0.3, 0.4) is 0 Å². The van der Waals surface area contributed by atoms with Crippen molar-refractivity contribution in [3.8, 4) is 11.4 Å². The molecule has 1 aromatic heterocycles. The quantitative estimate of drug-likeness (QED) is 0.643. The van der Waals surface area contributed by atoms with Gasteiger partial charge in [0.05, 0.1) is 5.69 Å². The summed E-state index contributed by atoms with van der Waals surface area (Å²) in [4.78, 5) is 0. The van der Waals surface area contributed by atoms with E-state index in [0.29, 0.717) is 6.61 Å². The first-order valence-corrected chi connectivity index (χ1v) is 7.37. The molecule has 0 saturated heterocycles. The van der Waals surface area contributed by atoms with Crippen molar-refractivity contribution in [1.82, 2.24) is 9.78 Å². The third-order valence-electron chi connectivity index (χ3n) is 2.85. The Kier molecular flexibility index (Phi) is 4.01. The van der Waals surface area contributed by atoms with E-state index < -0.39 is 0 Å². The summed E-state index contributed by atoms with van der Waals surface area (Å²) >= 11 is 2.27. The molecule has 0 radical (unpaired) electrons. The smallest absolute Gasteiger partial charge is 0.132 e. The summed E-state index contributed by atoms with van der Waals surface area (Å²) in [5.74, 6) is 0.867. The lowest BCUT2D eigenvalue weighted by molar-refractivity contribution is 0.300. The van der Waals surface area contributed by atoms with E-state index in [2.05, 4.69) is 27.7 Å². The second-order valence-electron chi connectivity index (χ2n) is 4.33. The van der Waals surface area contributed by atoms with Gasteiger partial charge in [0.2, 0.25) is 0 Å². The van der Waals surface area contributed by atoms with Gasteiger partial charge < -0.3 is 4.74 Å². The highest BCUT2D eigenvalue weighted by atomic mass is 127. The Hall–Kier alpha value is -1.82. The molecule has 1 heterocycles. The molecule has 0 unspecified atom stereocenters. The number of rotatable bonds is 4. The third-order valence-corrected chi connectivity index (χ3v) is 3.52. The Morgan fingerprint density at radius 1 is 1.00 bits per heavy atom. The average molecular weight is 376 g/mol. The molecule has 0 saturated carbocycles. The minimum absolute atomic E-state index is 0.472. The van der Waals surface area contributed by atoms with Gasteiger partial charge in [-0.2, -0.15) is 5.10 Å². The van der Waals surface area contributed by atoms with Crippen LogP contribution >= 0.6 is 22.6 Å². The molecule has 0 aliphatic rings. The minimum Gasteiger partial charge on any atom is -0.487 e. The fourth-order valence-corrected chi connectivity index (χ4v) is 2.39. The summed E-state index contributed by atoms with van der Waals surface area (Å²) < 4.78 is 8.76. The number of ether oxygens (including phenoxy) is 1. The van der Waals surface area contributed by atoms with Crippen LogP contribution < -0.4 is 4.74 Å². The molecule has 0 aliphatic heterocycles. The first-order valence-electron chi connectivity index (χ1n) is 6.29. The maximum atomic E-state index is 5.74. The lowest BCUT2D eigenvalue weighted by atomic mass is 10.3. The number of benzene rings is 2. The second kappa shape index (κ2) is 6.09. The van der Waals surface area contributed by atoms with Crippen molar-refractivity contribution in [2.75, 3.05) is 0 Å². The van der Waals surface area contributed by atoms with Gasteiger partial charge in [-0.05, 0) is 59.0 Å². The Bertz CT molecular complexity index is 694. The van der Waals surface area contributed by atoms with Crippen molar-refractivity contribution in [3.05, 3.63) is 76.1 Å². The van der Waals surface area contributed by atoms with Crippen molar-refractivity contribution in [2.24, 2.45) is 0 Å².